The van der Waals surface area contributed by atoms with E-state index in [-0.39, 0.29) is 35.8 Å². The summed E-state index contributed by atoms with van der Waals surface area (Å²) in [4.78, 5) is 50.9. The zero-order valence-corrected chi connectivity index (χ0v) is 20.9. The van der Waals surface area contributed by atoms with Crippen molar-refractivity contribution in [2.45, 2.75) is 39.2 Å². The molecule has 196 valence electrons. The molecule has 0 aliphatic heterocycles. The Labute approximate surface area is 218 Å². The number of benzene rings is 2. The zero-order chi connectivity index (χ0) is 27.5. The Morgan fingerprint density at radius 2 is 1.79 bits per heavy atom. The van der Waals surface area contributed by atoms with Crippen LogP contribution in [0, 0.1) is 17.8 Å². The van der Waals surface area contributed by atoms with Gasteiger partial charge in [0.2, 0.25) is 0 Å². The van der Waals surface area contributed by atoms with Crippen LogP contribution >= 0.6 is 0 Å². The molecule has 3 aliphatic carbocycles. The molecular weight excluding hydrogens is 490 g/mol. The van der Waals surface area contributed by atoms with E-state index in [0.29, 0.717) is 28.7 Å². The summed E-state index contributed by atoms with van der Waals surface area (Å²) >= 11 is 0. The first-order chi connectivity index (χ1) is 18.0. The molecule has 38 heavy (non-hydrogen) atoms. The first kappa shape index (κ1) is 25.3. The summed E-state index contributed by atoms with van der Waals surface area (Å²) < 4.78 is 5.30. The average Bonchev–Trinajstić information content (AvgIpc) is 2.83. The van der Waals surface area contributed by atoms with Gasteiger partial charge >= 0.3 is 5.97 Å². The van der Waals surface area contributed by atoms with Crippen molar-refractivity contribution >= 4 is 23.4 Å². The fraction of sp³-hybridized carbons (Fsp3) is 0.310. The van der Waals surface area contributed by atoms with Crippen LogP contribution in [0.2, 0.25) is 0 Å². The molecule has 2 aromatic carbocycles. The number of phenolic OH excluding ortho intramolecular Hbond substituents is 1. The molecule has 2 aromatic rings. The van der Waals surface area contributed by atoms with E-state index >= 15 is 0 Å². The molecule has 3 atom stereocenters. The van der Waals surface area contributed by atoms with E-state index in [1.165, 1.54) is 6.07 Å². The number of esters is 1. The number of hydrogen-bond acceptors (Lipinski definition) is 8. The molecule has 5 N–H and O–H groups in total. The standard InChI is InChI=1S/C29H27NO8/c1-12(2)38-29(37)14-5-3-4-13(8-14)17-6-7-19(31)23-18(17)10-15-9-16-11-20(32)24(28(30)36)27(35)22(16)25(33)21(15)26(23)34/h3-8,12,15-16,22,31-33H,9-11H2,1-2H3,(H2,30,36)/t15-,16?,22?/m1/s1. The van der Waals surface area contributed by atoms with Gasteiger partial charge in [0, 0.05) is 12.0 Å². The van der Waals surface area contributed by atoms with Crippen LogP contribution in [-0.4, -0.2) is 44.9 Å². The molecule has 0 heterocycles. The normalized spacial score (nSPS) is 22.7. The lowest BCUT2D eigenvalue weighted by atomic mass is 9.62. The number of primary amides is 1. The molecule has 9 heteroatoms. The molecule has 0 saturated heterocycles. The third-order valence-corrected chi connectivity index (χ3v) is 7.52. The van der Waals surface area contributed by atoms with Crippen LogP contribution in [-0.2, 0) is 20.7 Å². The van der Waals surface area contributed by atoms with E-state index in [2.05, 4.69) is 0 Å². The number of Topliss-reactive ketones (excluding diaryl/α,β-unsaturated/α-hetero) is 2. The van der Waals surface area contributed by atoms with Gasteiger partial charge in [-0.15, -0.1) is 0 Å². The van der Waals surface area contributed by atoms with E-state index < -0.39 is 58.3 Å². The lowest BCUT2D eigenvalue weighted by Gasteiger charge is -2.41. The van der Waals surface area contributed by atoms with Crippen molar-refractivity contribution in [3.8, 4) is 16.9 Å². The number of aliphatic hydroxyl groups excluding tert-OH is 2. The third kappa shape index (κ3) is 3.95. The molecule has 0 aromatic heterocycles. The molecule has 0 bridgehead atoms. The van der Waals surface area contributed by atoms with Gasteiger partial charge in [0.05, 0.1) is 23.1 Å². The van der Waals surface area contributed by atoms with Crippen molar-refractivity contribution in [2.24, 2.45) is 23.5 Å². The molecule has 0 fully saturated rings. The topological polar surface area (TPSA) is 164 Å². The monoisotopic (exact) mass is 517 g/mol. The van der Waals surface area contributed by atoms with E-state index in [1.54, 1.807) is 44.2 Å². The summed E-state index contributed by atoms with van der Waals surface area (Å²) in [6, 6.07) is 9.84. The van der Waals surface area contributed by atoms with Gasteiger partial charge in [0.1, 0.15) is 22.8 Å². The summed E-state index contributed by atoms with van der Waals surface area (Å²) in [5, 5.41) is 32.1. The van der Waals surface area contributed by atoms with Gasteiger partial charge in [-0.2, -0.15) is 0 Å². The number of rotatable bonds is 4. The van der Waals surface area contributed by atoms with Crippen LogP contribution in [0.5, 0.6) is 5.75 Å². The fourth-order valence-corrected chi connectivity index (χ4v) is 6.01. The highest BCUT2D eigenvalue weighted by atomic mass is 16.5. The largest absolute Gasteiger partial charge is 0.511 e. The number of fused-ring (bicyclic) bond motifs is 3. The predicted molar refractivity (Wildman–Crippen MR) is 135 cm³/mol. The smallest absolute Gasteiger partial charge is 0.338 e. The van der Waals surface area contributed by atoms with Crippen LogP contribution in [0.25, 0.3) is 11.1 Å². The number of ketones is 2. The summed E-state index contributed by atoms with van der Waals surface area (Å²) in [6.07, 6.45) is 0.247. The lowest BCUT2D eigenvalue weighted by Crippen LogP contribution is -2.43. The summed E-state index contributed by atoms with van der Waals surface area (Å²) in [5.41, 5.74) is 6.96. The third-order valence-electron chi connectivity index (χ3n) is 7.52. The molecule has 0 saturated carbocycles. The highest BCUT2D eigenvalue weighted by Gasteiger charge is 2.50. The van der Waals surface area contributed by atoms with Crippen LogP contribution in [0.15, 0.2) is 59.1 Å². The second-order valence-corrected chi connectivity index (χ2v) is 10.3. The van der Waals surface area contributed by atoms with Crippen molar-refractivity contribution in [3.63, 3.8) is 0 Å². The molecule has 0 spiro atoms. The zero-order valence-electron chi connectivity index (χ0n) is 20.9. The van der Waals surface area contributed by atoms with Crippen LogP contribution in [0.1, 0.15) is 53.0 Å². The Morgan fingerprint density at radius 1 is 1.05 bits per heavy atom. The lowest BCUT2D eigenvalue weighted by molar-refractivity contribution is -0.126. The van der Waals surface area contributed by atoms with Gasteiger partial charge in [-0.05, 0) is 73.4 Å². The number of nitrogens with two attached hydrogens (primary N) is 1. The maximum Gasteiger partial charge on any atom is 0.338 e. The number of amides is 1. The first-order valence-electron chi connectivity index (χ1n) is 12.4. The number of aromatic hydroxyl groups is 1. The Kier molecular flexibility index (Phi) is 6.09. The highest BCUT2D eigenvalue weighted by molar-refractivity contribution is 6.22. The summed E-state index contributed by atoms with van der Waals surface area (Å²) in [7, 11) is 0. The van der Waals surface area contributed by atoms with E-state index in [0.717, 1.165) is 0 Å². The number of carbonyl (C=O) groups excluding carboxylic acids is 4. The van der Waals surface area contributed by atoms with Crippen LogP contribution in [0.3, 0.4) is 0 Å². The number of hydrogen-bond donors (Lipinski definition) is 4. The van der Waals surface area contributed by atoms with E-state index in [9.17, 15) is 34.5 Å². The molecule has 3 aliphatic rings. The molecule has 1 amide bonds. The minimum atomic E-state index is -1.17. The van der Waals surface area contributed by atoms with Crippen molar-refractivity contribution in [3.05, 3.63) is 75.8 Å². The summed E-state index contributed by atoms with van der Waals surface area (Å²) in [6.45, 7) is 3.51. The molecule has 2 unspecified atom stereocenters. The predicted octanol–water partition coefficient (Wildman–Crippen LogP) is 3.70. The average molecular weight is 518 g/mol. The minimum Gasteiger partial charge on any atom is -0.511 e. The van der Waals surface area contributed by atoms with Gasteiger partial charge in [-0.25, -0.2) is 4.79 Å². The Hall–Kier alpha value is -4.40. The number of aliphatic hydroxyl groups is 2. The Balaban J connectivity index is 1.59. The van der Waals surface area contributed by atoms with Gasteiger partial charge < -0.3 is 25.8 Å². The number of phenols is 1. The first-order valence-corrected chi connectivity index (χ1v) is 12.4. The SMILES string of the molecule is CC(C)OC(=O)c1cccc(-c2ccc(O)c3c2C[C@H]2CC4CC(O)=C(C(N)=O)C(=O)C4C(O)=C2C3=O)c1. The number of ether oxygens (including phenoxy) is 1. The molecule has 5 rings (SSSR count). The van der Waals surface area contributed by atoms with Crippen LogP contribution < -0.4 is 5.73 Å². The van der Waals surface area contributed by atoms with Gasteiger partial charge in [-0.3, -0.25) is 14.4 Å². The Morgan fingerprint density at radius 3 is 2.47 bits per heavy atom. The van der Waals surface area contributed by atoms with Gasteiger partial charge in [0.25, 0.3) is 5.91 Å². The number of allylic oxidation sites excluding steroid dienone is 3. The maximum absolute atomic E-state index is 13.7. The molecule has 0 radical (unpaired) electrons. The van der Waals surface area contributed by atoms with Gasteiger partial charge in [0.15, 0.2) is 11.6 Å². The quantitative estimate of drug-likeness (QED) is 0.352. The van der Waals surface area contributed by atoms with Crippen LogP contribution in [0.4, 0.5) is 0 Å². The van der Waals surface area contributed by atoms with Crippen molar-refractivity contribution in [1.82, 2.24) is 0 Å². The molecular formula is C29H27NO8. The minimum absolute atomic E-state index is 0.0192. The van der Waals surface area contributed by atoms with Crippen molar-refractivity contribution in [2.75, 3.05) is 0 Å². The second-order valence-electron chi connectivity index (χ2n) is 10.3. The van der Waals surface area contributed by atoms with E-state index in [1.807, 2.05) is 0 Å². The number of carbonyl (C=O) groups is 4. The molecule has 9 nitrogen and oxygen atoms in total. The fourth-order valence-electron chi connectivity index (χ4n) is 6.01. The van der Waals surface area contributed by atoms with E-state index in [4.69, 9.17) is 10.5 Å². The van der Waals surface area contributed by atoms with Gasteiger partial charge in [-0.1, -0.05) is 18.2 Å². The van der Waals surface area contributed by atoms with Crippen molar-refractivity contribution in [1.29, 1.82) is 0 Å². The maximum atomic E-state index is 13.7. The highest BCUT2D eigenvalue weighted by Crippen LogP contribution is 2.50. The Bertz CT molecular complexity index is 1480. The second kappa shape index (κ2) is 9.16. The summed E-state index contributed by atoms with van der Waals surface area (Å²) in [5.74, 6) is -6.28. The van der Waals surface area contributed by atoms with Crippen molar-refractivity contribution < 1.29 is 39.2 Å².